The molecule has 0 aliphatic carbocycles. The number of benzene rings is 2. The van der Waals surface area contributed by atoms with Gasteiger partial charge in [-0.1, -0.05) is 30.3 Å². The largest absolute Gasteiger partial charge is 0.444 e. The average Bonchev–Trinajstić information content (AvgIpc) is 2.68. The minimum Gasteiger partial charge on any atom is -0.444 e. The molecule has 0 bridgehead atoms. The van der Waals surface area contributed by atoms with Crippen LogP contribution in [0.25, 0.3) is 0 Å². The molecule has 1 unspecified atom stereocenters. The normalized spacial score (nSPS) is 17.1. The van der Waals surface area contributed by atoms with E-state index in [2.05, 4.69) is 5.32 Å². The summed E-state index contributed by atoms with van der Waals surface area (Å²) in [5.41, 5.74) is 1.97. The lowest BCUT2D eigenvalue weighted by molar-refractivity contribution is 0.0198. The maximum atomic E-state index is 12.6. The molecule has 1 N–H and O–H groups in total. The molecule has 0 spiro atoms. The Kier molecular flexibility index (Phi) is 6.02. The fourth-order valence-electron chi connectivity index (χ4n) is 3.40. The van der Waals surface area contributed by atoms with Crippen molar-refractivity contribution in [1.29, 1.82) is 0 Å². The van der Waals surface area contributed by atoms with Crippen LogP contribution in [-0.2, 0) is 4.74 Å². The average molecular weight is 380 g/mol. The number of carbonyl (C=O) groups is 2. The molecule has 1 heterocycles. The van der Waals surface area contributed by atoms with Crippen molar-refractivity contribution in [2.24, 2.45) is 0 Å². The Morgan fingerprint density at radius 1 is 1.07 bits per heavy atom. The minimum absolute atomic E-state index is 0.132. The van der Waals surface area contributed by atoms with Gasteiger partial charge in [0.05, 0.1) is 0 Å². The molecular formula is C23H28N2O3. The molecule has 1 fully saturated rings. The molecular weight excluding hydrogens is 352 g/mol. The van der Waals surface area contributed by atoms with Crippen molar-refractivity contribution in [1.82, 2.24) is 4.90 Å². The van der Waals surface area contributed by atoms with Crippen LogP contribution in [0, 0.1) is 0 Å². The molecule has 28 heavy (non-hydrogen) atoms. The number of likely N-dealkylation sites (tertiary alicyclic amines) is 1. The molecule has 1 saturated heterocycles. The van der Waals surface area contributed by atoms with E-state index in [1.807, 2.05) is 75.4 Å². The van der Waals surface area contributed by atoms with Gasteiger partial charge in [0, 0.05) is 30.3 Å². The highest BCUT2D eigenvalue weighted by atomic mass is 16.6. The summed E-state index contributed by atoms with van der Waals surface area (Å²) in [6.45, 7) is 6.95. The molecule has 0 radical (unpaired) electrons. The molecule has 0 saturated carbocycles. The van der Waals surface area contributed by atoms with E-state index in [0.717, 1.165) is 24.1 Å². The third-order valence-electron chi connectivity index (χ3n) is 4.72. The van der Waals surface area contributed by atoms with E-state index in [9.17, 15) is 9.59 Å². The molecule has 0 aromatic heterocycles. The van der Waals surface area contributed by atoms with Crippen molar-refractivity contribution >= 4 is 17.7 Å². The van der Waals surface area contributed by atoms with Crippen molar-refractivity contribution in [3.8, 4) is 0 Å². The number of piperidine rings is 1. The van der Waals surface area contributed by atoms with E-state index < -0.39 is 5.60 Å². The molecule has 2 amide bonds. The Morgan fingerprint density at radius 2 is 1.82 bits per heavy atom. The van der Waals surface area contributed by atoms with Crippen LogP contribution in [-0.4, -0.2) is 35.6 Å². The molecule has 5 nitrogen and oxygen atoms in total. The fourth-order valence-corrected chi connectivity index (χ4v) is 3.40. The van der Waals surface area contributed by atoms with Gasteiger partial charge < -0.3 is 15.0 Å². The van der Waals surface area contributed by atoms with Crippen LogP contribution >= 0.6 is 0 Å². The van der Waals surface area contributed by atoms with Crippen LogP contribution in [0.1, 0.15) is 55.5 Å². The third kappa shape index (κ3) is 5.35. The van der Waals surface area contributed by atoms with Gasteiger partial charge >= 0.3 is 6.09 Å². The molecule has 1 aliphatic heterocycles. The van der Waals surface area contributed by atoms with Crippen molar-refractivity contribution in [3.63, 3.8) is 0 Å². The maximum Gasteiger partial charge on any atom is 0.410 e. The zero-order valence-corrected chi connectivity index (χ0v) is 16.8. The van der Waals surface area contributed by atoms with Gasteiger partial charge in [-0.05, 0) is 63.4 Å². The summed E-state index contributed by atoms with van der Waals surface area (Å²) < 4.78 is 5.51. The predicted molar refractivity (Wildman–Crippen MR) is 111 cm³/mol. The lowest BCUT2D eigenvalue weighted by Crippen LogP contribution is -2.42. The number of hydrogen-bond acceptors (Lipinski definition) is 3. The number of nitrogens with zero attached hydrogens (tertiary/aromatic N) is 1. The van der Waals surface area contributed by atoms with Crippen molar-refractivity contribution in [2.45, 2.75) is 45.1 Å². The Labute approximate surface area is 166 Å². The van der Waals surface area contributed by atoms with E-state index >= 15 is 0 Å². The Bertz CT molecular complexity index is 827. The van der Waals surface area contributed by atoms with Crippen LogP contribution in [0.4, 0.5) is 10.5 Å². The first-order chi connectivity index (χ1) is 13.3. The molecule has 5 heteroatoms. The summed E-state index contributed by atoms with van der Waals surface area (Å²) in [5, 5.41) is 2.92. The summed E-state index contributed by atoms with van der Waals surface area (Å²) in [7, 11) is 0. The van der Waals surface area contributed by atoms with Crippen LogP contribution in [0.5, 0.6) is 0 Å². The van der Waals surface area contributed by atoms with Gasteiger partial charge in [0.2, 0.25) is 0 Å². The third-order valence-corrected chi connectivity index (χ3v) is 4.72. The molecule has 1 atom stereocenters. The maximum absolute atomic E-state index is 12.6. The summed E-state index contributed by atoms with van der Waals surface area (Å²) >= 11 is 0. The number of hydrogen-bond donors (Lipinski definition) is 1. The van der Waals surface area contributed by atoms with E-state index in [4.69, 9.17) is 4.74 Å². The van der Waals surface area contributed by atoms with Gasteiger partial charge in [-0.15, -0.1) is 0 Å². The highest BCUT2D eigenvalue weighted by Crippen LogP contribution is 2.28. The lowest BCUT2D eigenvalue weighted by atomic mass is 9.90. The van der Waals surface area contributed by atoms with Crippen LogP contribution in [0.3, 0.4) is 0 Å². The first-order valence-electron chi connectivity index (χ1n) is 9.76. The number of ether oxygens (including phenoxy) is 1. The second kappa shape index (κ2) is 8.46. The summed E-state index contributed by atoms with van der Waals surface area (Å²) in [6.07, 6.45) is 1.64. The monoisotopic (exact) mass is 380 g/mol. The summed E-state index contributed by atoms with van der Waals surface area (Å²) in [4.78, 5) is 26.8. The van der Waals surface area contributed by atoms with Crippen LogP contribution in [0.2, 0.25) is 0 Å². The molecule has 3 rings (SSSR count). The van der Waals surface area contributed by atoms with E-state index in [1.54, 1.807) is 4.90 Å². The van der Waals surface area contributed by atoms with Crippen molar-refractivity contribution in [3.05, 3.63) is 65.7 Å². The van der Waals surface area contributed by atoms with Gasteiger partial charge in [0.1, 0.15) is 5.60 Å². The second-order valence-electron chi connectivity index (χ2n) is 8.21. The van der Waals surface area contributed by atoms with Gasteiger partial charge in [-0.25, -0.2) is 4.79 Å². The minimum atomic E-state index is -0.501. The first kappa shape index (κ1) is 19.9. The summed E-state index contributed by atoms with van der Waals surface area (Å²) in [5.74, 6) is 0.0681. The number of nitrogens with one attached hydrogen (secondary N) is 1. The number of rotatable bonds is 3. The zero-order chi connectivity index (χ0) is 20.1. The highest BCUT2D eigenvalue weighted by Gasteiger charge is 2.28. The highest BCUT2D eigenvalue weighted by molar-refractivity contribution is 6.04. The van der Waals surface area contributed by atoms with Crippen LogP contribution < -0.4 is 5.32 Å². The summed E-state index contributed by atoms with van der Waals surface area (Å²) in [6, 6.07) is 17.1. The zero-order valence-electron chi connectivity index (χ0n) is 16.8. The van der Waals surface area contributed by atoms with E-state index in [1.165, 1.54) is 0 Å². The molecule has 2 aromatic rings. The number of carbonyl (C=O) groups excluding carboxylic acids is 2. The predicted octanol–water partition coefficient (Wildman–Crippen LogP) is 5.05. The Morgan fingerprint density at radius 3 is 2.54 bits per heavy atom. The standard InChI is InChI=1S/C23H28N2O3/c1-23(2,3)28-22(27)25-14-8-11-19(16-25)17-9-7-10-18(15-17)21(26)24-20-12-5-4-6-13-20/h4-7,9-10,12-13,15,19H,8,11,14,16H2,1-3H3,(H,24,26). The van der Waals surface area contributed by atoms with Crippen molar-refractivity contribution < 1.29 is 14.3 Å². The second-order valence-corrected chi connectivity index (χ2v) is 8.21. The van der Waals surface area contributed by atoms with Gasteiger partial charge in [-0.3, -0.25) is 4.79 Å². The number of amides is 2. The lowest BCUT2D eigenvalue weighted by Gasteiger charge is -2.34. The van der Waals surface area contributed by atoms with E-state index in [0.29, 0.717) is 18.7 Å². The SMILES string of the molecule is CC(C)(C)OC(=O)N1CCCC(c2cccc(C(=O)Nc3ccccc3)c2)C1. The number of para-hydroxylation sites is 1. The van der Waals surface area contributed by atoms with E-state index in [-0.39, 0.29) is 17.9 Å². The molecule has 1 aliphatic rings. The topological polar surface area (TPSA) is 58.6 Å². The van der Waals surface area contributed by atoms with Gasteiger partial charge in [0.25, 0.3) is 5.91 Å². The van der Waals surface area contributed by atoms with Crippen molar-refractivity contribution in [2.75, 3.05) is 18.4 Å². The quantitative estimate of drug-likeness (QED) is 0.810. The van der Waals surface area contributed by atoms with Gasteiger partial charge in [0.15, 0.2) is 0 Å². The smallest absolute Gasteiger partial charge is 0.410 e. The Balaban J connectivity index is 1.69. The Hall–Kier alpha value is -2.82. The molecule has 148 valence electrons. The molecule has 2 aromatic carbocycles. The van der Waals surface area contributed by atoms with Gasteiger partial charge in [-0.2, -0.15) is 0 Å². The fraction of sp³-hybridized carbons (Fsp3) is 0.391. The number of anilines is 1. The van der Waals surface area contributed by atoms with Crippen LogP contribution in [0.15, 0.2) is 54.6 Å². The first-order valence-corrected chi connectivity index (χ1v) is 9.76.